The van der Waals surface area contributed by atoms with E-state index in [1.54, 1.807) is 54.9 Å². The summed E-state index contributed by atoms with van der Waals surface area (Å²) in [5, 5.41) is 11.6. The Balaban J connectivity index is 1.68. The predicted molar refractivity (Wildman–Crippen MR) is 127 cm³/mol. The zero-order valence-corrected chi connectivity index (χ0v) is 18.9. The molecule has 170 valence electrons. The van der Waals surface area contributed by atoms with Crippen LogP contribution in [0.5, 0.6) is 5.75 Å². The third-order valence-electron chi connectivity index (χ3n) is 6.24. The number of Topliss-reactive ketones (excluding diaryl/α,β-unsaturated/α-hetero) is 1. The molecule has 1 aliphatic rings. The van der Waals surface area contributed by atoms with E-state index in [0.717, 1.165) is 11.1 Å². The van der Waals surface area contributed by atoms with E-state index in [-0.39, 0.29) is 11.3 Å². The van der Waals surface area contributed by atoms with Crippen LogP contribution in [0.3, 0.4) is 0 Å². The Kier molecular flexibility index (Phi) is 5.17. The molecule has 0 saturated heterocycles. The van der Waals surface area contributed by atoms with E-state index < -0.39 is 23.5 Å². The molecule has 0 saturated carbocycles. The molecule has 0 spiro atoms. The van der Waals surface area contributed by atoms with E-state index in [4.69, 9.17) is 9.15 Å². The number of hydrogen-bond acceptors (Lipinski definition) is 6. The highest BCUT2D eigenvalue weighted by atomic mass is 16.5. The number of ether oxygens (including phenoxy) is 1. The third kappa shape index (κ3) is 3.25. The zero-order valence-electron chi connectivity index (χ0n) is 18.9. The van der Waals surface area contributed by atoms with Gasteiger partial charge in [0.2, 0.25) is 5.78 Å². The maximum Gasteiger partial charge on any atom is 0.294 e. The van der Waals surface area contributed by atoms with Crippen LogP contribution in [0.2, 0.25) is 0 Å². The fraction of sp³-hybridized carbons (Fsp3) is 0.148. The van der Waals surface area contributed by atoms with Gasteiger partial charge in [-0.2, -0.15) is 0 Å². The molecule has 7 heteroatoms. The molecule has 3 heterocycles. The summed E-state index contributed by atoms with van der Waals surface area (Å²) in [4.78, 5) is 32.7. The van der Waals surface area contributed by atoms with E-state index >= 15 is 0 Å². The number of fused-ring (bicyclic) bond motifs is 1. The Morgan fingerprint density at radius 3 is 2.65 bits per heavy atom. The first kappa shape index (κ1) is 21.5. The van der Waals surface area contributed by atoms with Gasteiger partial charge < -0.3 is 14.3 Å². The van der Waals surface area contributed by atoms with Crippen LogP contribution < -0.4 is 9.64 Å². The normalized spacial score (nSPS) is 15.9. The Bertz CT molecular complexity index is 1470. The van der Waals surface area contributed by atoms with Gasteiger partial charge in [0.25, 0.3) is 5.91 Å². The molecule has 7 nitrogen and oxygen atoms in total. The van der Waals surface area contributed by atoms with Crippen LogP contribution in [-0.4, -0.2) is 28.9 Å². The van der Waals surface area contributed by atoms with Gasteiger partial charge >= 0.3 is 0 Å². The number of methoxy groups -OCH3 is 1. The molecule has 4 aromatic rings. The van der Waals surface area contributed by atoms with E-state index in [0.29, 0.717) is 28.0 Å². The van der Waals surface area contributed by atoms with Gasteiger partial charge in [0, 0.05) is 23.5 Å². The quantitative estimate of drug-likeness (QED) is 0.415. The average molecular weight is 454 g/mol. The molecule has 34 heavy (non-hydrogen) atoms. The topological polar surface area (TPSA) is 92.9 Å². The monoisotopic (exact) mass is 454 g/mol. The standard InChI is InChI=1S/C27H22N2O5/c1-15-7-4-10-19(16(15)2)29-23(18-9-6-12-28-14-18)22(25(31)27(29)32)24(30)21-13-17-8-5-11-20(33-3)26(17)34-21/h4-14,23,31H,1-3H3. The minimum absolute atomic E-state index is 0.00514. The number of aryl methyl sites for hydroxylation is 1. The Labute approximate surface area is 195 Å². The number of aliphatic hydroxyl groups excluding tert-OH is 1. The van der Waals surface area contributed by atoms with Gasteiger partial charge in [-0.05, 0) is 54.8 Å². The lowest BCUT2D eigenvalue weighted by Crippen LogP contribution is -2.31. The molecule has 1 unspecified atom stereocenters. The highest BCUT2D eigenvalue weighted by molar-refractivity contribution is 6.21. The number of furan rings is 1. The van der Waals surface area contributed by atoms with Crippen molar-refractivity contribution in [1.82, 2.24) is 4.98 Å². The highest BCUT2D eigenvalue weighted by Gasteiger charge is 2.46. The molecule has 2 aromatic heterocycles. The van der Waals surface area contributed by atoms with Crippen LogP contribution in [0.25, 0.3) is 11.0 Å². The molecule has 0 aliphatic carbocycles. The first-order chi connectivity index (χ1) is 16.4. The van der Waals surface area contributed by atoms with Crippen molar-refractivity contribution in [2.45, 2.75) is 19.9 Å². The third-order valence-corrected chi connectivity index (χ3v) is 6.24. The van der Waals surface area contributed by atoms with Gasteiger partial charge in [0.15, 0.2) is 22.9 Å². The van der Waals surface area contributed by atoms with Gasteiger partial charge in [-0.3, -0.25) is 19.5 Å². The number of ketones is 1. The van der Waals surface area contributed by atoms with Gasteiger partial charge in [-0.15, -0.1) is 0 Å². The fourth-order valence-corrected chi connectivity index (χ4v) is 4.38. The molecule has 0 fully saturated rings. The van der Waals surface area contributed by atoms with Crippen LogP contribution in [0, 0.1) is 13.8 Å². The van der Waals surface area contributed by atoms with Crippen LogP contribution in [-0.2, 0) is 4.79 Å². The van der Waals surface area contributed by atoms with Crippen molar-refractivity contribution < 1.29 is 23.8 Å². The van der Waals surface area contributed by atoms with Crippen molar-refractivity contribution in [1.29, 1.82) is 0 Å². The molecule has 5 rings (SSSR count). The molecule has 0 radical (unpaired) electrons. The van der Waals surface area contributed by atoms with Crippen molar-refractivity contribution in [3.8, 4) is 5.75 Å². The summed E-state index contributed by atoms with van der Waals surface area (Å²) in [6.45, 7) is 3.85. The molecule has 1 N–H and O–H groups in total. The smallest absolute Gasteiger partial charge is 0.294 e. The summed E-state index contributed by atoms with van der Waals surface area (Å²) < 4.78 is 11.2. The summed E-state index contributed by atoms with van der Waals surface area (Å²) in [5.74, 6) is -1.35. The number of aliphatic hydroxyl groups is 1. The van der Waals surface area contributed by atoms with Gasteiger partial charge in [-0.1, -0.05) is 30.3 Å². The Hall–Kier alpha value is -4.39. The van der Waals surface area contributed by atoms with Crippen LogP contribution in [0.1, 0.15) is 33.3 Å². The minimum atomic E-state index is -0.871. The molecule has 1 aliphatic heterocycles. The lowest BCUT2D eigenvalue weighted by Gasteiger charge is -2.28. The summed E-state index contributed by atoms with van der Waals surface area (Å²) in [6, 6.07) is 15.1. The second kappa shape index (κ2) is 8.19. The van der Waals surface area contributed by atoms with E-state index in [9.17, 15) is 14.7 Å². The number of para-hydroxylation sites is 1. The number of pyridine rings is 1. The number of nitrogens with zero attached hydrogens (tertiary/aromatic N) is 2. The molecular weight excluding hydrogens is 432 g/mol. The van der Waals surface area contributed by atoms with Gasteiger partial charge in [0.05, 0.1) is 18.7 Å². The van der Waals surface area contributed by atoms with Crippen molar-refractivity contribution in [2.24, 2.45) is 0 Å². The number of amides is 1. The number of aromatic nitrogens is 1. The van der Waals surface area contributed by atoms with Crippen molar-refractivity contribution in [2.75, 3.05) is 12.0 Å². The van der Waals surface area contributed by atoms with E-state index in [1.165, 1.54) is 12.0 Å². The molecular formula is C27H22N2O5. The summed E-state index contributed by atoms with van der Waals surface area (Å²) in [5.41, 5.74) is 3.43. The number of rotatable bonds is 5. The summed E-state index contributed by atoms with van der Waals surface area (Å²) in [7, 11) is 1.52. The number of carbonyl (C=O) groups excluding carboxylic acids is 2. The predicted octanol–water partition coefficient (Wildman–Crippen LogP) is 5.24. The van der Waals surface area contributed by atoms with Crippen molar-refractivity contribution in [3.63, 3.8) is 0 Å². The summed E-state index contributed by atoms with van der Waals surface area (Å²) >= 11 is 0. The lowest BCUT2D eigenvalue weighted by molar-refractivity contribution is -0.117. The van der Waals surface area contributed by atoms with Crippen LogP contribution in [0.15, 0.2) is 82.7 Å². The van der Waals surface area contributed by atoms with E-state index in [2.05, 4.69) is 4.98 Å². The number of anilines is 1. The number of carbonyl (C=O) groups is 2. The zero-order chi connectivity index (χ0) is 24.0. The Morgan fingerprint density at radius 2 is 1.91 bits per heavy atom. The fourth-order valence-electron chi connectivity index (χ4n) is 4.38. The maximum absolute atomic E-state index is 13.7. The average Bonchev–Trinajstić information content (AvgIpc) is 3.40. The Morgan fingerprint density at radius 1 is 1.12 bits per heavy atom. The summed E-state index contributed by atoms with van der Waals surface area (Å²) in [6.07, 6.45) is 3.20. The van der Waals surface area contributed by atoms with Crippen LogP contribution >= 0.6 is 0 Å². The van der Waals surface area contributed by atoms with E-state index in [1.807, 2.05) is 26.0 Å². The molecule has 0 bridgehead atoms. The number of hydrogen-bond donors (Lipinski definition) is 1. The van der Waals surface area contributed by atoms with Gasteiger partial charge in [0.1, 0.15) is 0 Å². The van der Waals surface area contributed by atoms with Gasteiger partial charge in [-0.25, -0.2) is 0 Å². The second-order valence-corrected chi connectivity index (χ2v) is 8.16. The lowest BCUT2D eigenvalue weighted by atomic mass is 9.95. The molecule has 1 atom stereocenters. The largest absolute Gasteiger partial charge is 0.503 e. The first-order valence-corrected chi connectivity index (χ1v) is 10.8. The SMILES string of the molecule is COc1cccc2cc(C(=O)C3=C(O)C(=O)N(c4cccc(C)c4C)C3c3cccnc3)oc12. The minimum Gasteiger partial charge on any atom is -0.503 e. The van der Waals surface area contributed by atoms with Crippen molar-refractivity contribution in [3.05, 3.63) is 101 Å². The maximum atomic E-state index is 13.7. The molecule has 2 aromatic carbocycles. The number of benzene rings is 2. The second-order valence-electron chi connectivity index (χ2n) is 8.16. The van der Waals surface area contributed by atoms with Crippen molar-refractivity contribution >= 4 is 28.3 Å². The van der Waals surface area contributed by atoms with Crippen LogP contribution in [0.4, 0.5) is 5.69 Å². The highest BCUT2D eigenvalue weighted by Crippen LogP contribution is 2.43. The first-order valence-electron chi connectivity index (χ1n) is 10.8. The molecule has 1 amide bonds.